The topological polar surface area (TPSA) is 90.0 Å². The van der Waals surface area contributed by atoms with E-state index in [-0.39, 0.29) is 30.4 Å². The Morgan fingerprint density at radius 2 is 1.80 bits per heavy atom. The normalized spacial score (nSPS) is 19.6. The third-order valence-corrected chi connectivity index (χ3v) is 3.92. The molecule has 0 aromatic carbocycles. The summed E-state index contributed by atoms with van der Waals surface area (Å²) in [6, 6.07) is -0.125. The third-order valence-electron chi connectivity index (χ3n) is 3.92. The number of hydrogen-bond donors (Lipinski definition) is 2. The number of carbonyl (C=O) groups excluding carboxylic acids is 2. The third kappa shape index (κ3) is 3.40. The van der Waals surface area contributed by atoms with Gasteiger partial charge in [-0.3, -0.25) is 9.59 Å². The van der Waals surface area contributed by atoms with Crippen LogP contribution in [0.5, 0.6) is 0 Å². The molecular weight excluding hydrogens is 262 g/mol. The van der Waals surface area contributed by atoms with Gasteiger partial charge in [0.05, 0.1) is 0 Å². The predicted octanol–water partition coefficient (Wildman–Crippen LogP) is 0.113. The maximum absolute atomic E-state index is 12.3. The molecule has 20 heavy (non-hydrogen) atoms. The molecular formula is C13H21N3O4. The maximum Gasteiger partial charge on any atom is 0.323 e. The van der Waals surface area contributed by atoms with E-state index in [0.717, 1.165) is 12.8 Å². The number of carbonyl (C=O) groups is 3. The van der Waals surface area contributed by atoms with Crippen LogP contribution in [0, 0.1) is 5.92 Å². The lowest BCUT2D eigenvalue weighted by Crippen LogP contribution is -2.50. The molecule has 1 saturated heterocycles. The van der Waals surface area contributed by atoms with Gasteiger partial charge in [-0.05, 0) is 25.7 Å². The lowest BCUT2D eigenvalue weighted by Gasteiger charge is -2.34. The largest absolute Gasteiger partial charge is 0.480 e. The van der Waals surface area contributed by atoms with Crippen molar-refractivity contribution in [3.63, 3.8) is 0 Å². The average molecular weight is 283 g/mol. The van der Waals surface area contributed by atoms with Crippen molar-refractivity contribution in [1.29, 1.82) is 0 Å². The first kappa shape index (κ1) is 14.6. The van der Waals surface area contributed by atoms with E-state index in [2.05, 4.69) is 5.32 Å². The Kier molecular flexibility index (Phi) is 4.46. The monoisotopic (exact) mass is 283 g/mol. The van der Waals surface area contributed by atoms with Gasteiger partial charge >= 0.3 is 12.0 Å². The van der Waals surface area contributed by atoms with Crippen molar-refractivity contribution in [2.75, 3.05) is 26.7 Å². The van der Waals surface area contributed by atoms with Crippen molar-refractivity contribution in [3.05, 3.63) is 0 Å². The fourth-order valence-electron chi connectivity index (χ4n) is 2.60. The molecule has 0 atom stereocenters. The van der Waals surface area contributed by atoms with Crippen molar-refractivity contribution in [3.8, 4) is 0 Å². The Bertz CT molecular complexity index is 400. The minimum Gasteiger partial charge on any atom is -0.480 e. The molecule has 2 fully saturated rings. The standard InChI is InChI=1S/C13H21N3O4/c1-14-12(19)9-4-6-15(7-5-9)13(20)16(8-11(17)18)10-2-3-10/h9-10H,2-8H2,1H3,(H,14,19)(H,17,18). The highest BCUT2D eigenvalue weighted by Gasteiger charge is 2.37. The summed E-state index contributed by atoms with van der Waals surface area (Å²) in [6.45, 7) is 0.790. The minimum absolute atomic E-state index is 0.0154. The number of carboxylic acid groups (broad SMARTS) is 1. The summed E-state index contributed by atoms with van der Waals surface area (Å²) in [6.07, 6.45) is 3.04. The molecule has 0 spiro atoms. The number of likely N-dealkylation sites (tertiary alicyclic amines) is 1. The molecule has 0 aromatic heterocycles. The van der Waals surface area contributed by atoms with Crippen LogP contribution < -0.4 is 5.32 Å². The summed E-state index contributed by atoms with van der Waals surface area (Å²) in [7, 11) is 1.61. The van der Waals surface area contributed by atoms with Crippen LogP contribution >= 0.6 is 0 Å². The fourth-order valence-corrected chi connectivity index (χ4v) is 2.60. The maximum atomic E-state index is 12.3. The number of amides is 3. The number of nitrogens with one attached hydrogen (secondary N) is 1. The van der Waals surface area contributed by atoms with Gasteiger partial charge in [-0.25, -0.2) is 4.79 Å². The second-order valence-electron chi connectivity index (χ2n) is 5.41. The molecule has 112 valence electrons. The lowest BCUT2D eigenvalue weighted by atomic mass is 9.96. The number of urea groups is 1. The highest BCUT2D eigenvalue weighted by Crippen LogP contribution is 2.28. The first-order chi connectivity index (χ1) is 9.52. The highest BCUT2D eigenvalue weighted by molar-refractivity contribution is 5.82. The van der Waals surface area contributed by atoms with E-state index in [1.807, 2.05) is 0 Å². The Hall–Kier alpha value is -1.79. The number of carboxylic acids is 1. The van der Waals surface area contributed by atoms with Crippen LogP contribution in [-0.4, -0.2) is 65.5 Å². The Balaban J connectivity index is 1.89. The van der Waals surface area contributed by atoms with Gasteiger partial charge < -0.3 is 20.2 Å². The van der Waals surface area contributed by atoms with Gasteiger partial charge in [0.2, 0.25) is 5.91 Å². The fraction of sp³-hybridized carbons (Fsp3) is 0.769. The molecule has 7 nitrogen and oxygen atoms in total. The van der Waals surface area contributed by atoms with Crippen molar-refractivity contribution < 1.29 is 19.5 Å². The summed E-state index contributed by atoms with van der Waals surface area (Å²) >= 11 is 0. The molecule has 0 unspecified atom stereocenters. The van der Waals surface area contributed by atoms with Gasteiger partial charge in [-0.1, -0.05) is 0 Å². The van der Waals surface area contributed by atoms with Crippen molar-refractivity contribution in [1.82, 2.24) is 15.1 Å². The van der Waals surface area contributed by atoms with Gasteiger partial charge in [0.25, 0.3) is 0 Å². The van der Waals surface area contributed by atoms with Crippen molar-refractivity contribution in [2.24, 2.45) is 5.92 Å². The number of piperidine rings is 1. The van der Waals surface area contributed by atoms with Crippen LogP contribution in [0.25, 0.3) is 0 Å². The van der Waals surface area contributed by atoms with E-state index < -0.39 is 5.97 Å². The summed E-state index contributed by atoms with van der Waals surface area (Å²) < 4.78 is 0. The average Bonchev–Trinajstić information content (AvgIpc) is 3.27. The molecule has 1 aliphatic heterocycles. The zero-order valence-electron chi connectivity index (χ0n) is 11.7. The second-order valence-corrected chi connectivity index (χ2v) is 5.41. The summed E-state index contributed by atoms with van der Waals surface area (Å²) in [5.74, 6) is -1.01. The predicted molar refractivity (Wildman–Crippen MR) is 71.1 cm³/mol. The van der Waals surface area contributed by atoms with Crippen LogP contribution in [-0.2, 0) is 9.59 Å². The van der Waals surface area contributed by atoms with Gasteiger partial charge in [-0.15, -0.1) is 0 Å². The Morgan fingerprint density at radius 1 is 1.20 bits per heavy atom. The van der Waals surface area contributed by atoms with E-state index in [1.54, 1.807) is 11.9 Å². The van der Waals surface area contributed by atoms with Crippen molar-refractivity contribution >= 4 is 17.9 Å². The molecule has 3 amide bonds. The first-order valence-electron chi connectivity index (χ1n) is 7.02. The summed E-state index contributed by atoms with van der Waals surface area (Å²) in [5.41, 5.74) is 0. The Labute approximate surface area is 117 Å². The first-order valence-corrected chi connectivity index (χ1v) is 7.02. The molecule has 7 heteroatoms. The lowest BCUT2D eigenvalue weighted by molar-refractivity contribution is -0.137. The smallest absolute Gasteiger partial charge is 0.323 e. The van der Waals surface area contributed by atoms with E-state index in [9.17, 15) is 14.4 Å². The molecule has 0 bridgehead atoms. The van der Waals surface area contributed by atoms with E-state index in [1.165, 1.54) is 4.90 Å². The van der Waals surface area contributed by atoms with E-state index in [0.29, 0.717) is 25.9 Å². The highest BCUT2D eigenvalue weighted by atomic mass is 16.4. The summed E-state index contributed by atoms with van der Waals surface area (Å²) in [5, 5.41) is 11.5. The van der Waals surface area contributed by atoms with E-state index >= 15 is 0 Å². The van der Waals surface area contributed by atoms with Gasteiger partial charge in [0.1, 0.15) is 6.54 Å². The molecule has 2 N–H and O–H groups in total. The molecule has 1 heterocycles. The van der Waals surface area contributed by atoms with Crippen LogP contribution in [0.3, 0.4) is 0 Å². The number of rotatable bonds is 4. The number of nitrogens with zero attached hydrogens (tertiary/aromatic N) is 2. The molecule has 2 rings (SSSR count). The van der Waals surface area contributed by atoms with Gasteiger partial charge in [0.15, 0.2) is 0 Å². The Morgan fingerprint density at radius 3 is 2.25 bits per heavy atom. The molecule has 1 aliphatic carbocycles. The number of aliphatic carboxylic acids is 1. The van der Waals surface area contributed by atoms with Crippen LogP contribution in [0.2, 0.25) is 0 Å². The zero-order valence-corrected chi connectivity index (χ0v) is 11.7. The van der Waals surface area contributed by atoms with Gasteiger partial charge in [0, 0.05) is 32.1 Å². The van der Waals surface area contributed by atoms with Gasteiger partial charge in [-0.2, -0.15) is 0 Å². The second kappa shape index (κ2) is 6.11. The van der Waals surface area contributed by atoms with Crippen LogP contribution in [0.4, 0.5) is 4.79 Å². The molecule has 0 radical (unpaired) electrons. The molecule has 1 saturated carbocycles. The van der Waals surface area contributed by atoms with Crippen LogP contribution in [0.1, 0.15) is 25.7 Å². The van der Waals surface area contributed by atoms with Crippen molar-refractivity contribution in [2.45, 2.75) is 31.7 Å². The zero-order chi connectivity index (χ0) is 14.7. The molecule has 2 aliphatic rings. The molecule has 0 aromatic rings. The van der Waals surface area contributed by atoms with Crippen LogP contribution in [0.15, 0.2) is 0 Å². The minimum atomic E-state index is -0.981. The SMILES string of the molecule is CNC(=O)C1CCN(C(=O)N(CC(=O)O)C2CC2)CC1. The summed E-state index contributed by atoms with van der Waals surface area (Å²) in [4.78, 5) is 37.8. The van der Waals surface area contributed by atoms with E-state index in [4.69, 9.17) is 5.11 Å². The quantitative estimate of drug-likeness (QED) is 0.766. The number of hydrogen-bond acceptors (Lipinski definition) is 3.